The van der Waals surface area contributed by atoms with Crippen LogP contribution < -0.4 is 10.2 Å². The summed E-state index contributed by atoms with van der Waals surface area (Å²) in [6.07, 6.45) is 2.71. The summed E-state index contributed by atoms with van der Waals surface area (Å²) in [5.41, 5.74) is 1.44. The van der Waals surface area contributed by atoms with Crippen LogP contribution in [0.2, 0.25) is 0 Å². The molecule has 0 atom stereocenters. The molecule has 0 aliphatic carbocycles. The molecular formula is C20H28N4O3S. The van der Waals surface area contributed by atoms with E-state index in [1.807, 2.05) is 6.92 Å². The van der Waals surface area contributed by atoms with Crippen LogP contribution in [0.25, 0.3) is 10.9 Å². The fourth-order valence-electron chi connectivity index (χ4n) is 3.42. The summed E-state index contributed by atoms with van der Waals surface area (Å²) in [6.45, 7) is 8.18. The van der Waals surface area contributed by atoms with Gasteiger partial charge in [0.15, 0.2) is 9.84 Å². The fraction of sp³-hybridized carbons (Fsp3) is 0.550. The van der Waals surface area contributed by atoms with Crippen molar-refractivity contribution in [3.05, 3.63) is 23.9 Å². The van der Waals surface area contributed by atoms with Gasteiger partial charge in [0.2, 0.25) is 11.9 Å². The van der Waals surface area contributed by atoms with Gasteiger partial charge in [0.1, 0.15) is 0 Å². The van der Waals surface area contributed by atoms with Crippen LogP contribution in [0.5, 0.6) is 0 Å². The standard InChI is InChI=1S/C20H28N4O3S/c1-13(2)12-21-19(25)15-7-9-24(10-8-15)20-22-14(3)17-6-5-16(28(4,26)27)11-18(17)23-20/h5-6,11,13,15H,7-10,12H2,1-4H3,(H,21,25). The quantitative estimate of drug-likeness (QED) is 0.822. The van der Waals surface area contributed by atoms with Crippen LogP contribution in [-0.2, 0) is 14.6 Å². The topological polar surface area (TPSA) is 92.3 Å². The summed E-state index contributed by atoms with van der Waals surface area (Å²) in [7, 11) is -3.29. The van der Waals surface area contributed by atoms with Crippen molar-refractivity contribution < 1.29 is 13.2 Å². The number of hydrogen-bond acceptors (Lipinski definition) is 6. The summed E-state index contributed by atoms with van der Waals surface area (Å²) in [5, 5.41) is 3.86. The number of hydrogen-bond donors (Lipinski definition) is 1. The van der Waals surface area contributed by atoms with Gasteiger partial charge in [-0.25, -0.2) is 18.4 Å². The molecule has 1 saturated heterocycles. The highest BCUT2D eigenvalue weighted by Crippen LogP contribution is 2.25. The first kappa shape index (κ1) is 20.5. The van der Waals surface area contributed by atoms with E-state index in [4.69, 9.17) is 0 Å². The normalized spacial score (nSPS) is 16.0. The van der Waals surface area contributed by atoms with E-state index in [1.54, 1.807) is 18.2 Å². The number of carbonyl (C=O) groups excluding carboxylic acids is 1. The lowest BCUT2D eigenvalue weighted by Crippen LogP contribution is -2.42. The van der Waals surface area contributed by atoms with Crippen molar-refractivity contribution in [1.29, 1.82) is 0 Å². The van der Waals surface area contributed by atoms with Gasteiger partial charge < -0.3 is 10.2 Å². The molecule has 2 aromatic rings. The highest BCUT2D eigenvalue weighted by Gasteiger charge is 2.26. The average Bonchev–Trinajstić information content (AvgIpc) is 2.65. The van der Waals surface area contributed by atoms with E-state index in [1.165, 1.54) is 6.26 Å². The van der Waals surface area contributed by atoms with E-state index in [0.717, 1.165) is 23.9 Å². The molecule has 1 aromatic heterocycles. The third-order valence-electron chi connectivity index (χ3n) is 5.11. The van der Waals surface area contributed by atoms with E-state index in [-0.39, 0.29) is 16.7 Å². The Kier molecular flexibility index (Phi) is 5.88. The van der Waals surface area contributed by atoms with Gasteiger partial charge in [0, 0.05) is 37.2 Å². The number of carbonyl (C=O) groups is 1. The predicted octanol–water partition coefficient (Wildman–Crippen LogP) is 2.33. The lowest BCUT2D eigenvalue weighted by Gasteiger charge is -2.31. The Morgan fingerprint density at radius 1 is 1.25 bits per heavy atom. The summed E-state index contributed by atoms with van der Waals surface area (Å²) in [6, 6.07) is 4.96. The molecular weight excluding hydrogens is 376 g/mol. The molecule has 0 spiro atoms. The second-order valence-electron chi connectivity index (χ2n) is 7.96. The zero-order chi connectivity index (χ0) is 20.5. The van der Waals surface area contributed by atoms with Crippen molar-refractivity contribution in [3.63, 3.8) is 0 Å². The summed E-state index contributed by atoms with van der Waals surface area (Å²) in [4.78, 5) is 23.8. The first-order chi connectivity index (χ1) is 13.1. The first-order valence-corrected chi connectivity index (χ1v) is 11.6. The number of rotatable bonds is 5. The predicted molar refractivity (Wildman–Crippen MR) is 110 cm³/mol. The summed E-state index contributed by atoms with van der Waals surface area (Å²) >= 11 is 0. The smallest absolute Gasteiger partial charge is 0.226 e. The van der Waals surface area contributed by atoms with Crippen molar-refractivity contribution in [3.8, 4) is 0 Å². The number of sulfone groups is 1. The number of anilines is 1. The molecule has 1 aliphatic rings. The molecule has 1 aliphatic heterocycles. The lowest BCUT2D eigenvalue weighted by atomic mass is 9.96. The minimum Gasteiger partial charge on any atom is -0.356 e. The number of amides is 1. The number of nitrogens with one attached hydrogen (secondary N) is 1. The van der Waals surface area contributed by atoms with Crippen LogP contribution in [0.1, 0.15) is 32.4 Å². The molecule has 1 aromatic carbocycles. The molecule has 1 N–H and O–H groups in total. The second kappa shape index (κ2) is 8.03. The minimum atomic E-state index is -3.29. The SMILES string of the molecule is Cc1nc(N2CCC(C(=O)NCC(C)C)CC2)nc2cc(S(C)(=O)=O)ccc12. The molecule has 28 heavy (non-hydrogen) atoms. The van der Waals surface area contributed by atoms with Gasteiger partial charge >= 0.3 is 0 Å². The van der Waals surface area contributed by atoms with Gasteiger partial charge in [-0.2, -0.15) is 0 Å². The molecule has 0 bridgehead atoms. The molecule has 1 amide bonds. The maximum absolute atomic E-state index is 12.3. The van der Waals surface area contributed by atoms with E-state index < -0.39 is 9.84 Å². The molecule has 3 rings (SSSR count). The van der Waals surface area contributed by atoms with Crippen molar-refractivity contribution in [2.45, 2.75) is 38.5 Å². The molecule has 7 nitrogen and oxygen atoms in total. The minimum absolute atomic E-state index is 0.0217. The highest BCUT2D eigenvalue weighted by atomic mass is 32.2. The third kappa shape index (κ3) is 4.60. The first-order valence-electron chi connectivity index (χ1n) is 9.66. The Morgan fingerprint density at radius 2 is 1.93 bits per heavy atom. The molecule has 0 unspecified atom stereocenters. The van der Waals surface area contributed by atoms with Crippen LogP contribution in [0.3, 0.4) is 0 Å². The van der Waals surface area contributed by atoms with E-state index in [9.17, 15) is 13.2 Å². The van der Waals surface area contributed by atoms with Gasteiger partial charge in [0.25, 0.3) is 0 Å². The van der Waals surface area contributed by atoms with Crippen LogP contribution in [0, 0.1) is 18.8 Å². The molecule has 1 fully saturated rings. The fourth-order valence-corrected chi connectivity index (χ4v) is 4.06. The maximum atomic E-state index is 12.3. The molecule has 0 saturated carbocycles. The number of benzene rings is 1. The van der Waals surface area contributed by atoms with Crippen LogP contribution in [0.4, 0.5) is 5.95 Å². The zero-order valence-corrected chi connectivity index (χ0v) is 17.7. The molecule has 0 radical (unpaired) electrons. The van der Waals surface area contributed by atoms with Gasteiger partial charge in [0.05, 0.1) is 16.1 Å². The number of fused-ring (bicyclic) bond motifs is 1. The van der Waals surface area contributed by atoms with Crippen molar-refractivity contribution in [2.24, 2.45) is 11.8 Å². The second-order valence-corrected chi connectivity index (χ2v) is 9.98. The third-order valence-corrected chi connectivity index (χ3v) is 6.22. The highest BCUT2D eigenvalue weighted by molar-refractivity contribution is 7.90. The Labute approximate surface area is 166 Å². The summed E-state index contributed by atoms with van der Waals surface area (Å²) in [5.74, 6) is 1.18. The molecule has 2 heterocycles. The zero-order valence-electron chi connectivity index (χ0n) is 16.9. The Morgan fingerprint density at radius 3 is 2.54 bits per heavy atom. The average molecular weight is 405 g/mol. The van der Waals surface area contributed by atoms with Crippen LogP contribution in [0.15, 0.2) is 23.1 Å². The van der Waals surface area contributed by atoms with Crippen molar-refractivity contribution in [1.82, 2.24) is 15.3 Å². The van der Waals surface area contributed by atoms with E-state index in [0.29, 0.717) is 37.0 Å². The number of nitrogens with zero attached hydrogens (tertiary/aromatic N) is 3. The van der Waals surface area contributed by atoms with Gasteiger partial charge in [-0.3, -0.25) is 4.79 Å². The monoisotopic (exact) mass is 404 g/mol. The van der Waals surface area contributed by atoms with Crippen LogP contribution >= 0.6 is 0 Å². The van der Waals surface area contributed by atoms with Gasteiger partial charge in [-0.1, -0.05) is 13.8 Å². The molecule has 152 valence electrons. The van der Waals surface area contributed by atoms with Crippen molar-refractivity contribution >= 4 is 32.6 Å². The van der Waals surface area contributed by atoms with E-state index in [2.05, 4.69) is 34.0 Å². The van der Waals surface area contributed by atoms with Gasteiger partial charge in [-0.15, -0.1) is 0 Å². The number of aromatic nitrogens is 2. The van der Waals surface area contributed by atoms with Crippen molar-refractivity contribution in [2.75, 3.05) is 30.8 Å². The Bertz CT molecular complexity index is 980. The Balaban J connectivity index is 1.76. The molecule has 8 heteroatoms. The van der Waals surface area contributed by atoms with Crippen LogP contribution in [-0.4, -0.2) is 50.2 Å². The Hall–Kier alpha value is -2.22. The maximum Gasteiger partial charge on any atom is 0.226 e. The van der Waals surface area contributed by atoms with Gasteiger partial charge in [-0.05, 0) is 43.9 Å². The van der Waals surface area contributed by atoms with E-state index >= 15 is 0 Å². The number of aryl methyl sites for hydroxylation is 1. The lowest BCUT2D eigenvalue weighted by molar-refractivity contribution is -0.125. The largest absolute Gasteiger partial charge is 0.356 e. The summed E-state index contributed by atoms with van der Waals surface area (Å²) < 4.78 is 23.7. The number of piperidine rings is 1.